The molecule has 0 spiro atoms. The summed E-state index contributed by atoms with van der Waals surface area (Å²) in [6.07, 6.45) is 48.1. The fraction of sp³-hybridized carbons (Fsp3) is 0.688. The van der Waals surface area contributed by atoms with Crippen LogP contribution in [0.3, 0.4) is 0 Å². The van der Waals surface area contributed by atoms with Crippen molar-refractivity contribution in [2.24, 2.45) is 0 Å². The molecule has 0 aliphatic carbocycles. The topological polar surface area (TPSA) is 99.1 Å². The van der Waals surface area contributed by atoms with E-state index in [1.54, 1.807) is 0 Å². The molecule has 0 aliphatic rings. The molecular weight excluding hydrogens is 703 g/mol. The van der Waals surface area contributed by atoms with Gasteiger partial charge in [-0.15, -0.1) is 0 Å². The van der Waals surface area contributed by atoms with Gasteiger partial charge >= 0.3 is 17.9 Å². The van der Waals surface area contributed by atoms with Gasteiger partial charge in [-0.1, -0.05) is 164 Å². The molecule has 0 heterocycles. The van der Waals surface area contributed by atoms with Gasteiger partial charge in [0.25, 0.3) is 0 Å². The second-order valence-corrected chi connectivity index (χ2v) is 15.6. The number of likely N-dealkylation sites (N-methyl/N-ethyl adjacent to an activating group) is 1. The number of hydrogen-bond acceptors (Lipinski definition) is 6. The summed E-state index contributed by atoms with van der Waals surface area (Å²) in [5.41, 5.74) is 0. The van der Waals surface area contributed by atoms with Gasteiger partial charge in [0.2, 0.25) is 0 Å². The van der Waals surface area contributed by atoms with Crippen molar-refractivity contribution in [2.75, 3.05) is 41.0 Å². The number of carbonyl (C=O) groups is 3. The summed E-state index contributed by atoms with van der Waals surface area (Å²) >= 11 is 0. The lowest BCUT2D eigenvalue weighted by atomic mass is 10.0. The van der Waals surface area contributed by atoms with Crippen LogP contribution in [0.2, 0.25) is 0 Å². The number of unbranched alkanes of at least 4 members (excludes halogenated alkanes) is 12. The Labute approximate surface area is 342 Å². The first-order valence-electron chi connectivity index (χ1n) is 22.0. The quantitative estimate of drug-likeness (QED) is 0.0288. The number of carbonyl (C=O) groups excluding carboxylic acids is 2. The number of hydrogen-bond donors (Lipinski definition) is 1. The molecule has 0 aliphatic heterocycles. The molecule has 8 nitrogen and oxygen atoms in total. The fourth-order valence-corrected chi connectivity index (χ4v) is 6.00. The minimum atomic E-state index is -0.886. The maximum Gasteiger partial charge on any atom is 0.362 e. The number of rotatable bonds is 38. The zero-order valence-electron chi connectivity index (χ0n) is 36.3. The summed E-state index contributed by atoms with van der Waals surface area (Å²) in [5, 5.41) is 9.61. The van der Waals surface area contributed by atoms with Crippen LogP contribution in [0.4, 0.5) is 0 Å². The summed E-state index contributed by atoms with van der Waals surface area (Å²) in [6.45, 7) is 4.53. The highest BCUT2D eigenvalue weighted by Gasteiger charge is 2.31. The van der Waals surface area contributed by atoms with E-state index in [0.29, 0.717) is 19.3 Å². The van der Waals surface area contributed by atoms with Crippen LogP contribution < -0.4 is 0 Å². The van der Waals surface area contributed by atoms with Gasteiger partial charge in [0.05, 0.1) is 34.4 Å². The summed E-state index contributed by atoms with van der Waals surface area (Å²) in [6, 6.07) is -0.626. The van der Waals surface area contributed by atoms with E-state index < -0.39 is 18.1 Å². The molecule has 0 amide bonds. The average Bonchev–Trinajstić information content (AvgIpc) is 3.15. The molecule has 0 aromatic heterocycles. The Bertz CT molecular complexity index is 1140. The predicted octanol–water partition coefficient (Wildman–Crippen LogP) is 12.0. The number of ether oxygens (including phenoxy) is 3. The molecule has 1 N–H and O–H groups in total. The minimum absolute atomic E-state index is 0.0360. The van der Waals surface area contributed by atoms with Crippen molar-refractivity contribution >= 4 is 17.9 Å². The standard InChI is InChI=1S/C48H81NO7/c1-6-8-10-12-14-16-18-20-21-22-23-24-25-27-28-30-32-34-36-38-46(50)55-43-44(42-54-41-40-45(48(52)53)49(3,4)5)56-47(51)39-37-35-33-31-29-26-19-17-15-13-11-9-7-2/h8,10,14,16,20-21,23-24,27-28,32,34,44-45H,6-7,9,11-13,15,17-19,22,25-26,29-31,33,35-43H2,1-5H3/p+1/b10-8+,16-14+,21-20+,24-23+,28-27+,34-32+. The first-order valence-corrected chi connectivity index (χ1v) is 22.0. The highest BCUT2D eigenvalue weighted by Crippen LogP contribution is 2.14. The third-order valence-corrected chi connectivity index (χ3v) is 9.38. The molecule has 0 aromatic rings. The van der Waals surface area contributed by atoms with E-state index >= 15 is 0 Å². The maximum atomic E-state index is 12.7. The van der Waals surface area contributed by atoms with E-state index in [1.807, 2.05) is 33.3 Å². The zero-order chi connectivity index (χ0) is 41.4. The molecule has 0 fully saturated rings. The van der Waals surface area contributed by atoms with Crippen molar-refractivity contribution in [1.29, 1.82) is 0 Å². The van der Waals surface area contributed by atoms with Gasteiger partial charge in [-0.05, 0) is 51.4 Å². The van der Waals surface area contributed by atoms with Gasteiger partial charge in [0.15, 0.2) is 12.1 Å². The van der Waals surface area contributed by atoms with Crippen LogP contribution in [0.25, 0.3) is 0 Å². The smallest absolute Gasteiger partial charge is 0.362 e. The number of allylic oxidation sites excluding steroid dienone is 12. The first kappa shape index (κ1) is 52.8. The first-order chi connectivity index (χ1) is 27.1. The van der Waals surface area contributed by atoms with Crippen molar-refractivity contribution in [3.63, 3.8) is 0 Å². The third kappa shape index (κ3) is 36.4. The van der Waals surface area contributed by atoms with E-state index in [4.69, 9.17) is 14.2 Å². The van der Waals surface area contributed by atoms with Crippen LogP contribution in [0, 0.1) is 0 Å². The van der Waals surface area contributed by atoms with Gasteiger partial charge in [0.1, 0.15) is 6.61 Å². The van der Waals surface area contributed by atoms with Gasteiger partial charge in [-0.2, -0.15) is 0 Å². The van der Waals surface area contributed by atoms with E-state index in [2.05, 4.69) is 74.6 Å². The Morgan fingerprint density at radius 2 is 1.00 bits per heavy atom. The van der Waals surface area contributed by atoms with E-state index in [1.165, 1.54) is 64.2 Å². The molecule has 8 heteroatoms. The minimum Gasteiger partial charge on any atom is -0.477 e. The number of carboxylic acids is 1. The van der Waals surface area contributed by atoms with Crippen LogP contribution in [-0.2, 0) is 28.6 Å². The number of nitrogens with zero attached hydrogens (tertiary/aromatic N) is 1. The molecule has 0 saturated carbocycles. The average molecular weight is 785 g/mol. The Kier molecular flexibility index (Phi) is 36.4. The number of quaternary nitrogens is 1. The van der Waals surface area contributed by atoms with Gasteiger partial charge in [-0.25, -0.2) is 4.79 Å². The normalized spacial score (nSPS) is 13.7. The Morgan fingerprint density at radius 1 is 0.554 bits per heavy atom. The molecule has 320 valence electrons. The van der Waals surface area contributed by atoms with Crippen LogP contribution in [-0.4, -0.2) is 80.6 Å². The molecule has 0 bridgehead atoms. The van der Waals surface area contributed by atoms with Crippen molar-refractivity contribution in [1.82, 2.24) is 0 Å². The molecule has 0 aromatic carbocycles. The highest BCUT2D eigenvalue weighted by molar-refractivity contribution is 5.72. The number of esters is 2. The lowest BCUT2D eigenvalue weighted by molar-refractivity contribution is -0.887. The molecule has 56 heavy (non-hydrogen) atoms. The number of aliphatic carboxylic acids is 1. The predicted molar refractivity (Wildman–Crippen MR) is 233 cm³/mol. The Balaban J connectivity index is 4.47. The molecule has 0 radical (unpaired) electrons. The molecule has 2 atom stereocenters. The summed E-state index contributed by atoms with van der Waals surface area (Å²) in [4.78, 5) is 36.9. The van der Waals surface area contributed by atoms with E-state index in [9.17, 15) is 19.5 Å². The highest BCUT2D eigenvalue weighted by atomic mass is 16.6. The van der Waals surface area contributed by atoms with Crippen LogP contribution in [0.5, 0.6) is 0 Å². The second kappa shape index (κ2) is 38.6. The van der Waals surface area contributed by atoms with E-state index in [-0.39, 0.29) is 42.7 Å². The Morgan fingerprint density at radius 3 is 1.45 bits per heavy atom. The third-order valence-electron chi connectivity index (χ3n) is 9.38. The van der Waals surface area contributed by atoms with E-state index in [0.717, 1.165) is 57.8 Å². The van der Waals surface area contributed by atoms with Crippen molar-refractivity contribution in [3.05, 3.63) is 72.9 Å². The van der Waals surface area contributed by atoms with Crippen LogP contribution in [0.1, 0.15) is 162 Å². The van der Waals surface area contributed by atoms with Gasteiger partial charge < -0.3 is 23.8 Å². The summed E-state index contributed by atoms with van der Waals surface area (Å²) in [5.74, 6) is -1.58. The van der Waals surface area contributed by atoms with Gasteiger partial charge in [-0.3, -0.25) is 9.59 Å². The maximum absolute atomic E-state index is 12.7. The zero-order valence-corrected chi connectivity index (χ0v) is 36.3. The molecular formula is C48H82NO7+. The largest absolute Gasteiger partial charge is 0.477 e. The van der Waals surface area contributed by atoms with Crippen LogP contribution >= 0.6 is 0 Å². The van der Waals surface area contributed by atoms with Gasteiger partial charge in [0, 0.05) is 19.3 Å². The summed E-state index contributed by atoms with van der Waals surface area (Å²) in [7, 11) is 5.50. The van der Waals surface area contributed by atoms with Crippen molar-refractivity contribution < 1.29 is 38.2 Å². The van der Waals surface area contributed by atoms with Crippen molar-refractivity contribution in [2.45, 2.75) is 174 Å². The molecule has 0 rings (SSSR count). The SMILES string of the molecule is CC/C=C/C/C=C/C/C=C/C/C=C/C/C=C/C/C=C/CCC(=O)OCC(COCCC(C(=O)O)[N+](C)(C)C)OC(=O)CCCCCCCCCCCCCCC. The lowest BCUT2D eigenvalue weighted by Crippen LogP contribution is -2.50. The van der Waals surface area contributed by atoms with Crippen molar-refractivity contribution in [3.8, 4) is 0 Å². The number of carboxylic acid groups (broad SMARTS) is 1. The summed E-state index contributed by atoms with van der Waals surface area (Å²) < 4.78 is 17.2. The monoisotopic (exact) mass is 785 g/mol. The molecule has 2 unspecified atom stereocenters. The molecule has 0 saturated heterocycles. The fourth-order valence-electron chi connectivity index (χ4n) is 6.00. The second-order valence-electron chi connectivity index (χ2n) is 15.6. The lowest BCUT2D eigenvalue weighted by Gasteiger charge is -2.31. The van der Waals surface area contributed by atoms with Crippen LogP contribution in [0.15, 0.2) is 72.9 Å². The Hall–Kier alpha value is -3.23.